The lowest BCUT2D eigenvalue weighted by Gasteiger charge is -2.34. The number of cyclic esters (lactones) is 1. The van der Waals surface area contributed by atoms with E-state index in [1.807, 2.05) is 6.92 Å². The van der Waals surface area contributed by atoms with Gasteiger partial charge in [-0.1, -0.05) is 33.8 Å². The van der Waals surface area contributed by atoms with Gasteiger partial charge in [0.1, 0.15) is 11.9 Å². The zero-order chi connectivity index (χ0) is 28.6. The van der Waals surface area contributed by atoms with E-state index in [-0.39, 0.29) is 12.8 Å². The maximum Gasteiger partial charge on any atom is 0.412 e. The fraction of sp³-hybridized carbons (Fsp3) is 0.667. The van der Waals surface area contributed by atoms with Crippen LogP contribution in [0.15, 0.2) is 22.6 Å². The van der Waals surface area contributed by atoms with Gasteiger partial charge in [-0.25, -0.2) is 4.98 Å². The molecule has 1 saturated heterocycles. The number of ketones is 1. The van der Waals surface area contributed by atoms with E-state index in [4.69, 9.17) is 4.74 Å². The Kier molecular flexibility index (Phi) is 9.28. The second-order valence-electron chi connectivity index (χ2n) is 11.1. The van der Waals surface area contributed by atoms with E-state index in [2.05, 4.69) is 10.3 Å². The smallest absolute Gasteiger partial charge is 0.412 e. The van der Waals surface area contributed by atoms with Crippen LogP contribution in [0.2, 0.25) is 0 Å². The number of fused-ring (bicyclic) bond motifs is 1. The minimum absolute atomic E-state index is 0.225. The molecule has 0 radical (unpaired) electrons. The van der Waals surface area contributed by atoms with E-state index in [1.165, 1.54) is 32.1 Å². The zero-order valence-corrected chi connectivity index (χ0v) is 23.3. The summed E-state index contributed by atoms with van der Waals surface area (Å²) in [5.41, 5.74) is -1.02. The lowest BCUT2D eigenvalue weighted by atomic mass is 9.73. The van der Waals surface area contributed by atoms with Crippen molar-refractivity contribution in [3.8, 4) is 0 Å². The van der Waals surface area contributed by atoms with E-state index in [0.717, 1.165) is 11.1 Å². The molecule has 11 heteroatoms. The number of esters is 1. The van der Waals surface area contributed by atoms with Crippen LogP contribution in [0.25, 0.3) is 6.08 Å². The van der Waals surface area contributed by atoms with Gasteiger partial charge in [0.15, 0.2) is 0 Å². The van der Waals surface area contributed by atoms with Crippen molar-refractivity contribution >= 4 is 29.2 Å². The van der Waals surface area contributed by atoms with Crippen molar-refractivity contribution in [1.82, 2.24) is 10.3 Å². The first-order valence-electron chi connectivity index (χ1n) is 12.7. The maximum atomic E-state index is 14.0. The second-order valence-corrected chi connectivity index (χ2v) is 12.1. The van der Waals surface area contributed by atoms with E-state index in [1.54, 1.807) is 25.3 Å². The van der Waals surface area contributed by atoms with Crippen molar-refractivity contribution in [2.45, 2.75) is 97.4 Å². The van der Waals surface area contributed by atoms with Crippen LogP contribution in [0.4, 0.5) is 13.2 Å². The second kappa shape index (κ2) is 11.6. The molecule has 0 amide bonds. The Morgan fingerprint density at radius 3 is 2.47 bits per heavy atom. The molecule has 3 N–H and O–H groups in total. The molecule has 3 heterocycles. The first-order valence-corrected chi connectivity index (χ1v) is 13.6. The van der Waals surface area contributed by atoms with Gasteiger partial charge in [0, 0.05) is 35.4 Å². The van der Waals surface area contributed by atoms with Crippen LogP contribution in [0.1, 0.15) is 64.6 Å². The van der Waals surface area contributed by atoms with Crippen LogP contribution >= 0.6 is 11.3 Å². The number of aromatic nitrogens is 1. The van der Waals surface area contributed by atoms with Crippen LogP contribution in [0, 0.1) is 24.2 Å². The molecule has 2 aliphatic heterocycles. The van der Waals surface area contributed by atoms with Gasteiger partial charge in [-0.05, 0) is 37.8 Å². The quantitative estimate of drug-likeness (QED) is 0.280. The Morgan fingerprint density at radius 1 is 1.24 bits per heavy atom. The number of carbonyl (C=O) groups excluding carboxylic acids is 2. The third-order valence-corrected chi connectivity index (χ3v) is 8.56. The Labute approximate surface area is 225 Å². The van der Waals surface area contributed by atoms with Crippen LogP contribution in [-0.4, -0.2) is 63.5 Å². The van der Waals surface area contributed by atoms with Crippen LogP contribution in [0.5, 0.6) is 0 Å². The number of Topliss-reactive ketones (excluding diaryl/α,β-unsaturated/α-hetero) is 1. The minimum Gasteiger partial charge on any atom is -0.457 e. The number of carbonyl (C=O) groups is 2. The Balaban J connectivity index is 1.98. The normalized spacial score (nSPS) is 33.8. The van der Waals surface area contributed by atoms with Gasteiger partial charge in [-0.2, -0.15) is 13.2 Å². The molecule has 1 fully saturated rings. The number of nitrogens with one attached hydrogen (secondary N) is 1. The highest BCUT2D eigenvalue weighted by molar-refractivity contribution is 7.09. The number of aliphatic hydroxyl groups is 2. The summed E-state index contributed by atoms with van der Waals surface area (Å²) < 4.78 is 47.4. The number of hydrogen-bond donors (Lipinski definition) is 3. The molecule has 1 aromatic heterocycles. The molecule has 7 atom stereocenters. The summed E-state index contributed by atoms with van der Waals surface area (Å²) in [5, 5.41) is 27.3. The molecule has 212 valence electrons. The highest BCUT2D eigenvalue weighted by Gasteiger charge is 2.49. The highest BCUT2D eigenvalue weighted by Crippen LogP contribution is 2.38. The molecule has 1 aromatic rings. The molecule has 0 aliphatic carbocycles. The van der Waals surface area contributed by atoms with Crippen LogP contribution in [0.3, 0.4) is 0 Å². The number of aliphatic hydroxyl groups excluding tert-OH is 2. The van der Waals surface area contributed by atoms with Gasteiger partial charge in [0.2, 0.25) is 0 Å². The molecular formula is C27H37F3N2O5S. The fourth-order valence-electron chi connectivity index (χ4n) is 4.99. The molecular weight excluding hydrogens is 521 g/mol. The standard InChI is InChI=1S/C27H37F3N2O5S/c1-13(9-18-12-38-16(4)31-18)20-8-7-17(27(28,29)30)10-19-23(32-19)14(2)24(35)15(3)25(36)26(5,6)21(33)11-22(34)37-20/h7,9,12,14-15,19-21,23-24,32-33,35H,8,10-11H2,1-6H3/t14-,15+,19?,20-,21-,23?,24-/m0/s1. The van der Waals surface area contributed by atoms with Crippen LogP contribution < -0.4 is 5.32 Å². The average molecular weight is 559 g/mol. The molecule has 38 heavy (non-hydrogen) atoms. The molecule has 0 saturated carbocycles. The largest absolute Gasteiger partial charge is 0.457 e. The first kappa shape index (κ1) is 30.5. The predicted octanol–water partition coefficient (Wildman–Crippen LogP) is 4.37. The van der Waals surface area contributed by atoms with Gasteiger partial charge in [-0.15, -0.1) is 11.3 Å². The topological polar surface area (TPSA) is 119 Å². The van der Waals surface area contributed by atoms with Gasteiger partial charge in [0.25, 0.3) is 0 Å². The van der Waals surface area contributed by atoms with Crippen molar-refractivity contribution in [3.05, 3.63) is 33.3 Å². The van der Waals surface area contributed by atoms with E-state index in [9.17, 15) is 33.0 Å². The summed E-state index contributed by atoms with van der Waals surface area (Å²) in [7, 11) is 0. The number of nitrogens with zero attached hydrogens (tertiary/aromatic N) is 1. The number of thiazole rings is 1. The summed E-state index contributed by atoms with van der Waals surface area (Å²) in [4.78, 5) is 30.4. The Morgan fingerprint density at radius 2 is 1.89 bits per heavy atom. The van der Waals surface area contributed by atoms with Crippen molar-refractivity contribution in [2.75, 3.05) is 0 Å². The lowest BCUT2D eigenvalue weighted by Crippen LogP contribution is -2.46. The molecule has 0 bridgehead atoms. The van der Waals surface area contributed by atoms with Gasteiger partial charge in [-0.3, -0.25) is 9.59 Å². The lowest BCUT2D eigenvalue weighted by molar-refractivity contribution is -0.154. The van der Waals surface area contributed by atoms with Crippen molar-refractivity contribution in [2.24, 2.45) is 17.3 Å². The third-order valence-electron chi connectivity index (χ3n) is 7.77. The molecule has 2 aliphatic rings. The zero-order valence-electron chi connectivity index (χ0n) is 22.5. The summed E-state index contributed by atoms with van der Waals surface area (Å²) in [6.45, 7) is 9.72. The van der Waals surface area contributed by atoms with Gasteiger partial charge in [0.05, 0.1) is 34.7 Å². The number of halogens is 3. The van der Waals surface area contributed by atoms with Gasteiger partial charge < -0.3 is 20.3 Å². The maximum absolute atomic E-state index is 14.0. The number of hydrogen-bond acceptors (Lipinski definition) is 8. The Bertz CT molecular complexity index is 1100. The minimum atomic E-state index is -4.59. The van der Waals surface area contributed by atoms with Crippen molar-refractivity contribution in [3.63, 3.8) is 0 Å². The van der Waals surface area contributed by atoms with Crippen molar-refractivity contribution in [1.29, 1.82) is 0 Å². The van der Waals surface area contributed by atoms with E-state index >= 15 is 0 Å². The number of aryl methyl sites for hydroxylation is 1. The summed E-state index contributed by atoms with van der Waals surface area (Å²) in [6, 6.07) is -0.910. The monoisotopic (exact) mass is 558 g/mol. The SMILES string of the molecule is CC(=Cc1csc(C)n1)[C@@H]1CC=C(C(F)(F)F)CC2NC2[C@H](C)[C@H](O)[C@@H](C)C(=O)C(C)(C)[C@@H](O)CC(=O)O1. The molecule has 0 spiro atoms. The molecule has 2 unspecified atom stereocenters. The average Bonchev–Trinajstić information content (AvgIpc) is 3.48. The fourth-order valence-corrected chi connectivity index (χ4v) is 5.56. The molecule has 7 nitrogen and oxygen atoms in total. The third kappa shape index (κ3) is 7.11. The summed E-state index contributed by atoms with van der Waals surface area (Å²) in [6.07, 6.45) is -6.53. The Hall–Kier alpha value is -2.08. The van der Waals surface area contributed by atoms with Crippen molar-refractivity contribution < 1.29 is 37.7 Å². The number of rotatable bonds is 2. The molecule has 3 rings (SSSR count). The number of alkyl halides is 3. The first-order chi connectivity index (χ1) is 17.5. The van der Waals surface area contributed by atoms with E-state index in [0.29, 0.717) is 11.3 Å². The number of ether oxygens (including phenoxy) is 1. The summed E-state index contributed by atoms with van der Waals surface area (Å²) in [5.74, 6) is -2.69. The molecule has 0 aromatic carbocycles. The predicted molar refractivity (Wildman–Crippen MR) is 138 cm³/mol. The summed E-state index contributed by atoms with van der Waals surface area (Å²) >= 11 is 1.42. The van der Waals surface area contributed by atoms with Gasteiger partial charge >= 0.3 is 12.1 Å². The van der Waals surface area contributed by atoms with Crippen LogP contribution in [-0.2, 0) is 14.3 Å². The highest BCUT2D eigenvalue weighted by atomic mass is 32.1. The van der Waals surface area contributed by atoms with E-state index < -0.39 is 77.6 Å².